The highest BCUT2D eigenvalue weighted by Crippen LogP contribution is 2.25. The number of nitrogens with zero attached hydrogens (tertiary/aromatic N) is 8. The molecule has 8 aromatic heterocycles. The van der Waals surface area contributed by atoms with Gasteiger partial charge in [0.15, 0.2) is 6.29 Å². The number of aliphatic carboxylic acids is 1. The Kier molecular flexibility index (Phi) is 34.6. The van der Waals surface area contributed by atoms with Gasteiger partial charge in [0.25, 0.3) is 0 Å². The van der Waals surface area contributed by atoms with E-state index < -0.39 is 122 Å². The standard InChI is InChI=1S/C26H41N3O6Si.C26H39N3O6Si.C21H29N3O6.C14H16N2O3/c2*1-25(2,3)34-22(30)17-21-27-18(20-12-10-11-13-29(20)21)16-19(28-24(32)35-26(4,5)6)23(31)33-14-15-36(7,8)9;1-20(2,3)29-17(25)12-16-22-13(15-9-7-8-10-24(15)16)11-14(18(26)27)23-19(28)30-21(4,5)6;1-14(2,3)19-13(18)8-12-15-10(9-17)11-6-4-5-7-16(11)12/h10-13,19H,14-17H2,1-9H3,(H,28,32);10-13,16H,14-15,17H2,1-9H3,(H,28,32);7-10,14H,11-12H2,1-6H3,(H,23,28)(H,26,27);4-7,9H,8H2,1-3H3/b;19-16-;;/t19-;;14-;/m0.0./s1. The largest absolute Gasteiger partial charge is 0.480 e. The Morgan fingerprint density at radius 3 is 1.03 bits per heavy atom. The molecule has 0 aliphatic heterocycles. The van der Waals surface area contributed by atoms with Crippen molar-refractivity contribution in [3.63, 3.8) is 0 Å². The molecule has 32 nitrogen and oxygen atoms in total. The first-order valence-electron chi connectivity index (χ1n) is 39.9. The number of ether oxygens (including phenoxy) is 9. The third kappa shape index (κ3) is 36.7. The van der Waals surface area contributed by atoms with E-state index in [9.17, 15) is 57.8 Å². The number of pyridine rings is 4. The lowest BCUT2D eigenvalue weighted by atomic mass is 10.1. The minimum Gasteiger partial charge on any atom is -0.480 e. The average Bonchev–Trinajstić information content (AvgIpc) is 1.66. The molecule has 8 heterocycles. The van der Waals surface area contributed by atoms with Gasteiger partial charge in [0, 0.05) is 53.8 Å². The van der Waals surface area contributed by atoms with Crippen molar-refractivity contribution in [3.8, 4) is 0 Å². The van der Waals surface area contributed by atoms with Gasteiger partial charge in [-0.3, -0.25) is 29.3 Å². The number of aldehydes is 1. The molecule has 0 fully saturated rings. The number of hydrogen-bond donors (Lipinski definition) is 4. The number of amides is 3. The van der Waals surface area contributed by atoms with Gasteiger partial charge in [-0.2, -0.15) is 0 Å². The molecule has 121 heavy (non-hydrogen) atoms. The van der Waals surface area contributed by atoms with Crippen molar-refractivity contribution in [1.82, 2.24) is 53.5 Å². The number of nitrogens with one attached hydrogen (secondary N) is 3. The fraction of sp³-hybridized carbons (Fsp3) is 0.529. The summed E-state index contributed by atoms with van der Waals surface area (Å²) in [6.07, 6.45) is 6.76. The van der Waals surface area contributed by atoms with Crippen LogP contribution in [0.2, 0.25) is 51.4 Å². The van der Waals surface area contributed by atoms with Crippen LogP contribution in [0.25, 0.3) is 28.1 Å². The van der Waals surface area contributed by atoms with Gasteiger partial charge in [-0.15, -0.1) is 0 Å². The molecule has 0 unspecified atom stereocenters. The van der Waals surface area contributed by atoms with Gasteiger partial charge >= 0.3 is 60.1 Å². The second kappa shape index (κ2) is 41.8. The van der Waals surface area contributed by atoms with Gasteiger partial charge in [0.2, 0.25) is 0 Å². The Balaban J connectivity index is 0.000000293. The zero-order chi connectivity index (χ0) is 91.4. The van der Waals surface area contributed by atoms with Crippen molar-refractivity contribution in [2.75, 3.05) is 13.2 Å². The number of aromatic nitrogens is 8. The van der Waals surface area contributed by atoms with E-state index in [-0.39, 0.29) is 63.4 Å². The fourth-order valence-electron chi connectivity index (χ4n) is 11.1. The second-order valence-corrected chi connectivity index (χ2v) is 49.3. The topological polar surface area (TPSA) is 396 Å². The van der Waals surface area contributed by atoms with Gasteiger partial charge in [-0.1, -0.05) is 63.5 Å². The summed E-state index contributed by atoms with van der Waals surface area (Å²) in [7, 11) is -2.84. The number of alkyl carbamates (subject to hydrolysis) is 3. The van der Waals surface area contributed by atoms with E-state index >= 15 is 0 Å². The van der Waals surface area contributed by atoms with Crippen LogP contribution >= 0.6 is 0 Å². The Hall–Kier alpha value is -11.3. The highest BCUT2D eigenvalue weighted by Gasteiger charge is 2.33. The number of esters is 6. The summed E-state index contributed by atoms with van der Waals surface area (Å²) in [6, 6.07) is 21.1. The van der Waals surface area contributed by atoms with Crippen LogP contribution in [0.15, 0.2) is 103 Å². The monoisotopic (exact) mass is 1720 g/mol. The molecule has 0 aromatic carbocycles. The summed E-state index contributed by atoms with van der Waals surface area (Å²) < 4.78 is 55.3. The van der Waals surface area contributed by atoms with Crippen molar-refractivity contribution in [3.05, 3.63) is 149 Å². The van der Waals surface area contributed by atoms with Crippen LogP contribution in [-0.2, 0) is 115 Å². The number of imidazole rings is 4. The summed E-state index contributed by atoms with van der Waals surface area (Å²) in [4.78, 5) is 153. The van der Waals surface area contributed by atoms with Crippen molar-refractivity contribution >= 4 is 111 Å². The van der Waals surface area contributed by atoms with Crippen LogP contribution in [0.3, 0.4) is 0 Å². The molecule has 0 saturated carbocycles. The van der Waals surface area contributed by atoms with Crippen molar-refractivity contribution < 1.29 is 100 Å². The van der Waals surface area contributed by atoms with E-state index in [1.807, 2.05) is 63.2 Å². The smallest absolute Gasteiger partial charge is 0.412 e. The molecule has 0 spiro atoms. The van der Waals surface area contributed by atoms with Crippen LogP contribution in [0.4, 0.5) is 14.4 Å². The maximum Gasteiger partial charge on any atom is 0.412 e. The van der Waals surface area contributed by atoms with Crippen LogP contribution in [-0.4, -0.2) is 190 Å². The molecule has 0 saturated heterocycles. The van der Waals surface area contributed by atoms with E-state index in [1.165, 1.54) is 6.08 Å². The SMILES string of the molecule is CC(C)(C)OC(=O)Cc1nc(/C=C(\NC(=O)OC(C)(C)C)C(=O)OCC[Si](C)(C)C)c2ccccn12.CC(C)(C)OC(=O)Cc1nc(C=O)c2ccccn12.CC(C)(C)OC(=O)Cc1nc(C[C@H](NC(=O)OC(C)(C)C)C(=O)O)c2ccccn12.CC(C)(C)OC(=O)Cc1nc(C[C@H](NC(=O)OC(C)(C)C)C(=O)OCC[Si](C)(C)C)c2ccccn12. The van der Waals surface area contributed by atoms with Gasteiger partial charge in [0.1, 0.15) is 112 Å². The van der Waals surface area contributed by atoms with Gasteiger partial charge < -0.3 is 76.0 Å². The highest BCUT2D eigenvalue weighted by molar-refractivity contribution is 6.76. The molecule has 34 heteroatoms. The first-order chi connectivity index (χ1) is 55.5. The maximum atomic E-state index is 13.0. The first-order valence-corrected chi connectivity index (χ1v) is 47.4. The van der Waals surface area contributed by atoms with Gasteiger partial charge in [0.05, 0.1) is 52.4 Å². The molecule has 0 aliphatic rings. The van der Waals surface area contributed by atoms with Crippen molar-refractivity contribution in [1.29, 1.82) is 0 Å². The Labute approximate surface area is 710 Å². The number of fused-ring (bicyclic) bond motifs is 4. The zero-order valence-corrected chi connectivity index (χ0v) is 77.3. The Morgan fingerprint density at radius 2 is 0.694 bits per heavy atom. The molecule has 0 bridgehead atoms. The molecule has 4 N–H and O–H groups in total. The number of rotatable bonds is 26. The maximum absolute atomic E-state index is 13.0. The third-order valence-corrected chi connectivity index (χ3v) is 19.2. The van der Waals surface area contributed by atoms with Crippen LogP contribution < -0.4 is 16.0 Å². The van der Waals surface area contributed by atoms with Gasteiger partial charge in [-0.25, -0.2) is 48.7 Å². The Bertz CT molecular complexity index is 4990. The number of hydrogen-bond acceptors (Lipinski definition) is 24. The number of carboxylic acid groups (broad SMARTS) is 1. The lowest BCUT2D eigenvalue weighted by Crippen LogP contribution is -2.45. The van der Waals surface area contributed by atoms with Crippen LogP contribution in [0.5, 0.6) is 0 Å². The molecule has 0 radical (unpaired) electrons. The van der Waals surface area contributed by atoms with Crippen molar-refractivity contribution in [2.24, 2.45) is 0 Å². The first kappa shape index (κ1) is 100. The van der Waals surface area contributed by atoms with E-state index in [2.05, 4.69) is 75.2 Å². The molecule has 3 amide bonds. The molecule has 8 rings (SSSR count). The molecule has 662 valence electrons. The lowest BCUT2D eigenvalue weighted by molar-refractivity contribution is -0.155. The lowest BCUT2D eigenvalue weighted by Gasteiger charge is -2.23. The third-order valence-electron chi connectivity index (χ3n) is 15.8. The summed E-state index contributed by atoms with van der Waals surface area (Å²) >= 11 is 0. The molecule has 2 atom stereocenters. The van der Waals surface area contributed by atoms with E-state index in [1.54, 1.807) is 197 Å². The molecule has 0 aliphatic carbocycles. The van der Waals surface area contributed by atoms with E-state index in [0.29, 0.717) is 68.9 Å². The summed E-state index contributed by atoms with van der Waals surface area (Å²) in [5.74, 6) is -2.23. The predicted octanol–water partition coefficient (Wildman–Crippen LogP) is 14.3. The quantitative estimate of drug-likeness (QED) is 0.0129. The van der Waals surface area contributed by atoms with Crippen LogP contribution in [0.1, 0.15) is 196 Å². The normalized spacial score (nSPS) is 12.8. The summed E-state index contributed by atoms with van der Waals surface area (Å²) in [5.41, 5.74) is -0.307. The summed E-state index contributed by atoms with van der Waals surface area (Å²) in [5, 5.41) is 17.1. The summed E-state index contributed by atoms with van der Waals surface area (Å²) in [6.45, 7) is 50.7. The average molecular weight is 1720 g/mol. The molecular weight excluding hydrogens is 1590 g/mol. The van der Waals surface area contributed by atoms with Crippen LogP contribution in [0, 0.1) is 0 Å². The molecule has 8 aromatic rings. The zero-order valence-electron chi connectivity index (χ0n) is 75.3. The van der Waals surface area contributed by atoms with Gasteiger partial charge in [-0.05, 0) is 212 Å². The predicted molar refractivity (Wildman–Crippen MR) is 461 cm³/mol. The number of carbonyl (C=O) groups excluding carboxylic acids is 10. The number of carbonyl (C=O) groups is 11. The minimum absolute atomic E-state index is 0.0345. The minimum atomic E-state index is -1.43. The molecular formula is C87H125N11O21Si2. The fourth-order valence-corrected chi connectivity index (χ4v) is 12.5. The highest BCUT2D eigenvalue weighted by atomic mass is 28.3. The Morgan fingerprint density at radius 1 is 0.397 bits per heavy atom. The number of carboxylic acids is 1. The van der Waals surface area contributed by atoms with E-state index in [0.717, 1.165) is 17.6 Å². The van der Waals surface area contributed by atoms with E-state index in [4.69, 9.17) is 42.6 Å². The second-order valence-electron chi connectivity index (χ2n) is 38.0. The van der Waals surface area contributed by atoms with Crippen molar-refractivity contribution in [2.45, 2.75) is 287 Å².